The molecule has 2 N–H and O–H groups in total. The molecule has 1 saturated heterocycles. The minimum atomic E-state index is 0.841. The number of nitrogens with zero attached hydrogens (tertiary/aromatic N) is 3. The van der Waals surface area contributed by atoms with Gasteiger partial charge in [-0.25, -0.2) is 4.98 Å². The second-order valence-electron chi connectivity index (χ2n) is 6.72. The molecule has 0 spiro atoms. The van der Waals surface area contributed by atoms with Crippen molar-refractivity contribution in [3.8, 4) is 0 Å². The third-order valence-corrected chi connectivity index (χ3v) is 4.81. The summed E-state index contributed by atoms with van der Waals surface area (Å²) in [5.74, 6) is 1.96. The molecule has 2 aromatic rings. The maximum Gasteiger partial charge on any atom is 0.121 e. The number of nitrogens with one attached hydrogen (secondary N) is 2. The van der Waals surface area contributed by atoms with Crippen molar-refractivity contribution < 1.29 is 0 Å². The van der Waals surface area contributed by atoms with E-state index in [1.54, 1.807) is 0 Å². The summed E-state index contributed by atoms with van der Waals surface area (Å²) in [7, 11) is 2.19. The fraction of sp³-hybridized carbons (Fsp3) is 0.588. The molecule has 1 saturated carbocycles. The van der Waals surface area contributed by atoms with E-state index < -0.39 is 0 Å². The van der Waals surface area contributed by atoms with Gasteiger partial charge in [0.25, 0.3) is 0 Å². The molecule has 2 aliphatic rings. The number of H-pyrrole nitrogens is 1. The van der Waals surface area contributed by atoms with Crippen LogP contribution in [0.25, 0.3) is 11.0 Å². The average molecular weight is 299 g/mol. The third kappa shape index (κ3) is 2.96. The molecule has 1 aliphatic carbocycles. The highest BCUT2D eigenvalue weighted by molar-refractivity contribution is 5.89. The van der Waals surface area contributed by atoms with Crippen LogP contribution in [0.15, 0.2) is 18.2 Å². The minimum absolute atomic E-state index is 0.841. The first-order valence-electron chi connectivity index (χ1n) is 8.41. The lowest BCUT2D eigenvalue weighted by Gasteiger charge is -2.34. The van der Waals surface area contributed by atoms with Gasteiger partial charge in [0.05, 0.1) is 17.7 Å². The molecule has 0 radical (unpaired) electrons. The van der Waals surface area contributed by atoms with Gasteiger partial charge in [0.1, 0.15) is 11.3 Å². The first-order chi connectivity index (χ1) is 10.8. The van der Waals surface area contributed by atoms with E-state index in [2.05, 4.69) is 45.3 Å². The number of anilines is 1. The standard InChI is InChI=1S/C17H25N5/c1-21-7-9-22(10-8-21)15-4-2-3-14-17(15)20-16(19-14)12-18-11-13-5-6-13/h2-4,13,18H,5-12H2,1H3,(H,19,20). The van der Waals surface area contributed by atoms with Crippen LogP contribution < -0.4 is 10.2 Å². The summed E-state index contributed by atoms with van der Waals surface area (Å²) < 4.78 is 0. The van der Waals surface area contributed by atoms with Crippen LogP contribution in [0.5, 0.6) is 0 Å². The summed E-state index contributed by atoms with van der Waals surface area (Å²) >= 11 is 0. The molecule has 118 valence electrons. The van der Waals surface area contributed by atoms with E-state index in [0.29, 0.717) is 0 Å². The topological polar surface area (TPSA) is 47.2 Å². The van der Waals surface area contributed by atoms with Gasteiger partial charge in [-0.3, -0.25) is 0 Å². The van der Waals surface area contributed by atoms with Crippen LogP contribution in [-0.4, -0.2) is 54.6 Å². The van der Waals surface area contributed by atoms with Crippen LogP contribution in [0, 0.1) is 5.92 Å². The monoisotopic (exact) mass is 299 g/mol. The Balaban J connectivity index is 1.52. The zero-order chi connectivity index (χ0) is 14.9. The van der Waals surface area contributed by atoms with Crippen molar-refractivity contribution in [1.29, 1.82) is 0 Å². The fourth-order valence-corrected chi connectivity index (χ4v) is 3.17. The number of aromatic nitrogens is 2. The summed E-state index contributed by atoms with van der Waals surface area (Å²) in [4.78, 5) is 13.2. The highest BCUT2D eigenvalue weighted by Crippen LogP contribution is 2.28. The van der Waals surface area contributed by atoms with Crippen LogP contribution in [0.1, 0.15) is 18.7 Å². The van der Waals surface area contributed by atoms with Crippen molar-refractivity contribution in [2.24, 2.45) is 5.92 Å². The molecule has 0 bridgehead atoms. The van der Waals surface area contributed by atoms with E-state index in [1.165, 1.54) is 18.5 Å². The van der Waals surface area contributed by atoms with Crippen molar-refractivity contribution in [2.45, 2.75) is 19.4 Å². The molecule has 1 aromatic heterocycles. The van der Waals surface area contributed by atoms with Gasteiger partial charge < -0.3 is 20.1 Å². The number of rotatable bonds is 5. The smallest absolute Gasteiger partial charge is 0.121 e. The molecule has 1 aromatic carbocycles. The van der Waals surface area contributed by atoms with Gasteiger partial charge in [-0.1, -0.05) is 6.07 Å². The largest absolute Gasteiger partial charge is 0.367 e. The van der Waals surface area contributed by atoms with Crippen LogP contribution in [0.4, 0.5) is 5.69 Å². The zero-order valence-corrected chi connectivity index (χ0v) is 13.3. The van der Waals surface area contributed by atoms with Crippen molar-refractivity contribution in [1.82, 2.24) is 20.2 Å². The molecule has 1 aliphatic heterocycles. The lowest BCUT2D eigenvalue weighted by atomic mass is 10.2. The number of likely N-dealkylation sites (N-methyl/N-ethyl adjacent to an activating group) is 1. The predicted octanol–water partition coefficient (Wildman–Crippen LogP) is 1.81. The molecule has 0 atom stereocenters. The van der Waals surface area contributed by atoms with Crippen molar-refractivity contribution in [2.75, 3.05) is 44.7 Å². The number of piperazine rings is 1. The van der Waals surface area contributed by atoms with Crippen LogP contribution in [0.3, 0.4) is 0 Å². The summed E-state index contributed by atoms with van der Waals surface area (Å²) in [6.07, 6.45) is 2.78. The van der Waals surface area contributed by atoms with E-state index in [9.17, 15) is 0 Å². The van der Waals surface area contributed by atoms with E-state index in [0.717, 1.165) is 62.0 Å². The Labute approximate surface area is 131 Å². The Morgan fingerprint density at radius 3 is 2.82 bits per heavy atom. The van der Waals surface area contributed by atoms with Gasteiger partial charge in [-0.05, 0) is 44.5 Å². The normalized spacial score (nSPS) is 20.0. The number of fused-ring (bicyclic) bond motifs is 1. The second-order valence-corrected chi connectivity index (χ2v) is 6.72. The van der Waals surface area contributed by atoms with Gasteiger partial charge in [0.2, 0.25) is 0 Å². The van der Waals surface area contributed by atoms with Crippen molar-refractivity contribution in [3.05, 3.63) is 24.0 Å². The van der Waals surface area contributed by atoms with E-state index in [1.807, 2.05) is 0 Å². The summed E-state index contributed by atoms with van der Waals surface area (Å²) in [6, 6.07) is 6.47. The molecule has 22 heavy (non-hydrogen) atoms. The van der Waals surface area contributed by atoms with Gasteiger partial charge in [-0.15, -0.1) is 0 Å². The van der Waals surface area contributed by atoms with Crippen molar-refractivity contribution >= 4 is 16.7 Å². The van der Waals surface area contributed by atoms with Gasteiger partial charge in [0.15, 0.2) is 0 Å². The SMILES string of the molecule is CN1CCN(c2cccc3[nH]c(CNCC4CC4)nc23)CC1. The molecular weight excluding hydrogens is 274 g/mol. The second kappa shape index (κ2) is 5.89. The quantitative estimate of drug-likeness (QED) is 0.884. The van der Waals surface area contributed by atoms with Crippen molar-refractivity contribution in [3.63, 3.8) is 0 Å². The Kier molecular flexibility index (Phi) is 3.76. The number of hydrogen-bond donors (Lipinski definition) is 2. The van der Waals surface area contributed by atoms with Gasteiger partial charge in [0, 0.05) is 26.2 Å². The lowest BCUT2D eigenvalue weighted by molar-refractivity contribution is 0.313. The van der Waals surface area contributed by atoms with E-state index in [-0.39, 0.29) is 0 Å². The molecule has 2 heterocycles. The minimum Gasteiger partial charge on any atom is -0.367 e. The number of para-hydroxylation sites is 1. The van der Waals surface area contributed by atoms with Crippen LogP contribution in [-0.2, 0) is 6.54 Å². The average Bonchev–Trinajstić information content (AvgIpc) is 3.25. The molecule has 5 heteroatoms. The Morgan fingerprint density at radius 1 is 1.23 bits per heavy atom. The van der Waals surface area contributed by atoms with Gasteiger partial charge >= 0.3 is 0 Å². The lowest BCUT2D eigenvalue weighted by Crippen LogP contribution is -2.44. The molecular formula is C17H25N5. The van der Waals surface area contributed by atoms with Crippen LogP contribution in [0.2, 0.25) is 0 Å². The van der Waals surface area contributed by atoms with Gasteiger partial charge in [-0.2, -0.15) is 0 Å². The maximum absolute atomic E-state index is 4.85. The van der Waals surface area contributed by atoms with Crippen LogP contribution >= 0.6 is 0 Å². The number of aromatic amines is 1. The maximum atomic E-state index is 4.85. The van der Waals surface area contributed by atoms with E-state index >= 15 is 0 Å². The number of hydrogen-bond acceptors (Lipinski definition) is 4. The summed E-state index contributed by atoms with van der Waals surface area (Å²) in [5.41, 5.74) is 3.55. The highest BCUT2D eigenvalue weighted by atomic mass is 15.3. The molecule has 5 nitrogen and oxygen atoms in total. The number of benzene rings is 1. The molecule has 0 amide bonds. The fourth-order valence-electron chi connectivity index (χ4n) is 3.17. The highest BCUT2D eigenvalue weighted by Gasteiger charge is 2.21. The summed E-state index contributed by atoms with van der Waals surface area (Å²) in [5, 5.41) is 3.52. The first kappa shape index (κ1) is 14.0. The molecule has 2 fully saturated rings. The Hall–Kier alpha value is -1.59. The molecule has 4 rings (SSSR count). The zero-order valence-electron chi connectivity index (χ0n) is 13.3. The Morgan fingerprint density at radius 2 is 2.05 bits per heavy atom. The van der Waals surface area contributed by atoms with E-state index in [4.69, 9.17) is 4.98 Å². The molecule has 0 unspecified atom stereocenters. The first-order valence-corrected chi connectivity index (χ1v) is 8.41. The summed E-state index contributed by atoms with van der Waals surface area (Å²) in [6.45, 7) is 6.37. The third-order valence-electron chi connectivity index (χ3n) is 4.81. The Bertz CT molecular complexity index is 638. The number of imidazole rings is 1. The predicted molar refractivity (Wildman–Crippen MR) is 90.2 cm³/mol.